The maximum atomic E-state index is 6.12. The second kappa shape index (κ2) is 9.95. The van der Waals surface area contributed by atoms with Crippen LogP contribution in [0.3, 0.4) is 0 Å². The van der Waals surface area contributed by atoms with Crippen molar-refractivity contribution >= 4 is 21.9 Å². The molecular weight excluding hydrogens is 522 g/mol. The highest BCUT2D eigenvalue weighted by Crippen LogP contribution is 2.69. The van der Waals surface area contributed by atoms with Crippen molar-refractivity contribution in [3.8, 4) is 11.3 Å². The smallest absolute Gasteiger partial charge is 0.135 e. The van der Waals surface area contributed by atoms with Gasteiger partial charge in [-0.2, -0.15) is 0 Å². The predicted molar refractivity (Wildman–Crippen MR) is 175 cm³/mol. The van der Waals surface area contributed by atoms with Gasteiger partial charge in [0.15, 0.2) is 0 Å². The lowest BCUT2D eigenvalue weighted by molar-refractivity contribution is -0.188. The zero-order chi connectivity index (χ0) is 28.1. The molecule has 2 heteroatoms. The van der Waals surface area contributed by atoms with E-state index in [1.165, 1.54) is 73.4 Å². The van der Waals surface area contributed by atoms with Crippen molar-refractivity contribution in [3.05, 3.63) is 66.4 Å². The molecule has 2 aromatic carbocycles. The van der Waals surface area contributed by atoms with E-state index in [9.17, 15) is 0 Å². The zero-order valence-corrected chi connectivity index (χ0v) is 25.7. The molecule has 0 saturated heterocycles. The molecule has 43 heavy (non-hydrogen) atoms. The third-order valence-corrected chi connectivity index (χ3v) is 14.5. The van der Waals surface area contributed by atoms with Crippen LogP contribution in [-0.2, 0) is 0 Å². The van der Waals surface area contributed by atoms with E-state index >= 15 is 0 Å². The molecule has 6 aliphatic rings. The Morgan fingerprint density at radius 2 is 1.16 bits per heavy atom. The molecule has 2 aromatic heterocycles. The topological polar surface area (TPSA) is 26.0 Å². The molecule has 0 bridgehead atoms. The van der Waals surface area contributed by atoms with E-state index < -0.39 is 0 Å². The normalized spacial score (nSPS) is 40.0. The van der Waals surface area contributed by atoms with E-state index in [0.29, 0.717) is 5.92 Å². The average Bonchev–Trinajstić information content (AvgIpc) is 3.46. The fourth-order valence-electron chi connectivity index (χ4n) is 13.2. The van der Waals surface area contributed by atoms with Gasteiger partial charge in [0, 0.05) is 27.9 Å². The van der Waals surface area contributed by atoms with Gasteiger partial charge in [-0.15, -0.1) is 0 Å². The van der Waals surface area contributed by atoms with Gasteiger partial charge in [0.2, 0.25) is 0 Å². The Morgan fingerprint density at radius 3 is 1.93 bits per heavy atom. The molecule has 0 spiro atoms. The number of nitrogens with zero attached hydrogens (tertiary/aromatic N) is 1. The van der Waals surface area contributed by atoms with E-state index in [-0.39, 0.29) is 0 Å². The van der Waals surface area contributed by atoms with Crippen LogP contribution in [0.25, 0.3) is 33.2 Å². The molecule has 10 rings (SSSR count). The maximum Gasteiger partial charge on any atom is 0.135 e. The molecule has 11 unspecified atom stereocenters. The maximum absolute atomic E-state index is 6.12. The Labute approximate surface area is 257 Å². The summed E-state index contributed by atoms with van der Waals surface area (Å²) in [4.78, 5) is 5.42. The Hall–Kier alpha value is -2.61. The quantitative estimate of drug-likeness (QED) is 0.240. The highest BCUT2D eigenvalue weighted by molar-refractivity contribution is 6.06. The Morgan fingerprint density at radius 1 is 0.512 bits per heavy atom. The Balaban J connectivity index is 0.971. The summed E-state index contributed by atoms with van der Waals surface area (Å²) in [7, 11) is 0. The third-order valence-electron chi connectivity index (χ3n) is 14.5. The van der Waals surface area contributed by atoms with Gasteiger partial charge in [-0.1, -0.05) is 49.9 Å². The minimum Gasteiger partial charge on any atom is -0.456 e. The number of hydrogen-bond acceptors (Lipinski definition) is 2. The van der Waals surface area contributed by atoms with E-state index in [1.54, 1.807) is 32.1 Å². The third kappa shape index (κ3) is 3.86. The van der Waals surface area contributed by atoms with E-state index in [2.05, 4.69) is 60.7 Å². The van der Waals surface area contributed by atoms with E-state index in [4.69, 9.17) is 9.40 Å². The number of aromatic nitrogens is 1. The largest absolute Gasteiger partial charge is 0.456 e. The summed E-state index contributed by atoms with van der Waals surface area (Å²) in [6.45, 7) is 0. The van der Waals surface area contributed by atoms with E-state index in [0.717, 1.165) is 76.0 Å². The summed E-state index contributed by atoms with van der Waals surface area (Å²) in [5.41, 5.74) is 5.63. The standard InChI is InChI=1S/C41H47NO/c1-2-9-27-26(8-1)30-11-5-13-32-28-20-18-24(22-34(28)33-14-6-12-31(27)41(33)40(30)32)36-15-7-16-37(42-36)25-19-21-39-35(23-25)29-10-3-4-17-38(29)43-39/h3-4,7,10,15-17,19,21,23-24,26-28,30-34,40-41H,1-2,5-6,8-9,11-14,18,20,22H2. The van der Waals surface area contributed by atoms with Crippen molar-refractivity contribution in [3.63, 3.8) is 0 Å². The second-order valence-corrected chi connectivity index (χ2v) is 15.9. The Kier molecular flexibility index (Phi) is 5.94. The molecule has 11 atom stereocenters. The Bertz CT molecular complexity index is 1670. The van der Waals surface area contributed by atoms with Crippen LogP contribution in [-0.4, -0.2) is 4.98 Å². The minimum absolute atomic E-state index is 0.627. The van der Waals surface area contributed by atoms with Gasteiger partial charge in [0.05, 0.1) is 5.69 Å². The fourth-order valence-corrected chi connectivity index (χ4v) is 13.2. The molecule has 2 nitrogen and oxygen atoms in total. The summed E-state index contributed by atoms with van der Waals surface area (Å²) in [5, 5.41) is 2.39. The summed E-state index contributed by atoms with van der Waals surface area (Å²) in [5.74, 6) is 11.1. The van der Waals surface area contributed by atoms with Gasteiger partial charge in [-0.05, 0) is 153 Å². The molecule has 0 aliphatic heterocycles. The van der Waals surface area contributed by atoms with Crippen LogP contribution >= 0.6 is 0 Å². The molecule has 222 valence electrons. The van der Waals surface area contributed by atoms with Crippen LogP contribution in [0, 0.1) is 59.2 Å². The number of rotatable bonds is 2. The SMILES string of the molecule is c1cc(-c2ccc3oc4ccccc4c3c2)nc(C2CCC3C(C2)C2CCCC4C5CCCCC5C5CCCC3C5C42)c1. The zero-order valence-electron chi connectivity index (χ0n) is 25.7. The number of pyridine rings is 1. The van der Waals surface area contributed by atoms with Crippen LogP contribution in [0.15, 0.2) is 65.1 Å². The lowest BCUT2D eigenvalue weighted by Crippen LogP contribution is -2.61. The van der Waals surface area contributed by atoms with Crippen LogP contribution in [0.5, 0.6) is 0 Å². The van der Waals surface area contributed by atoms with Gasteiger partial charge in [0.25, 0.3) is 0 Å². The summed E-state index contributed by atoms with van der Waals surface area (Å²) >= 11 is 0. The molecular formula is C41H47NO. The highest BCUT2D eigenvalue weighted by atomic mass is 16.3. The molecule has 4 aromatic rings. The van der Waals surface area contributed by atoms with E-state index in [1.807, 2.05) is 0 Å². The summed E-state index contributed by atoms with van der Waals surface area (Å²) in [6.07, 6.45) is 19.7. The van der Waals surface area contributed by atoms with Crippen LogP contribution in [0.4, 0.5) is 0 Å². The lowest BCUT2D eigenvalue weighted by Gasteiger charge is -2.67. The molecule has 0 amide bonds. The summed E-state index contributed by atoms with van der Waals surface area (Å²) < 4.78 is 6.12. The number of hydrogen-bond donors (Lipinski definition) is 0. The second-order valence-electron chi connectivity index (χ2n) is 15.9. The van der Waals surface area contributed by atoms with Crippen molar-refractivity contribution in [2.24, 2.45) is 59.2 Å². The van der Waals surface area contributed by atoms with Gasteiger partial charge in [-0.25, -0.2) is 0 Å². The minimum atomic E-state index is 0.627. The van der Waals surface area contributed by atoms with Crippen molar-refractivity contribution in [1.29, 1.82) is 0 Å². The van der Waals surface area contributed by atoms with Gasteiger partial charge >= 0.3 is 0 Å². The highest BCUT2D eigenvalue weighted by Gasteiger charge is 2.62. The first-order chi connectivity index (χ1) is 21.3. The first kappa shape index (κ1) is 25.7. The van der Waals surface area contributed by atoms with Gasteiger partial charge in [-0.3, -0.25) is 4.98 Å². The predicted octanol–water partition coefficient (Wildman–Crippen LogP) is 11.0. The van der Waals surface area contributed by atoms with Crippen molar-refractivity contribution in [1.82, 2.24) is 4.98 Å². The van der Waals surface area contributed by atoms with Crippen molar-refractivity contribution in [2.75, 3.05) is 0 Å². The van der Waals surface area contributed by atoms with Gasteiger partial charge in [0.1, 0.15) is 11.2 Å². The first-order valence-corrected chi connectivity index (χ1v) is 18.2. The van der Waals surface area contributed by atoms with Crippen molar-refractivity contribution in [2.45, 2.75) is 89.4 Å². The van der Waals surface area contributed by atoms with Crippen molar-refractivity contribution < 1.29 is 4.42 Å². The number of benzene rings is 2. The van der Waals surface area contributed by atoms with Crippen LogP contribution < -0.4 is 0 Å². The first-order valence-electron chi connectivity index (χ1n) is 18.2. The number of furan rings is 1. The van der Waals surface area contributed by atoms with Gasteiger partial charge < -0.3 is 4.42 Å². The molecule has 6 fully saturated rings. The monoisotopic (exact) mass is 569 g/mol. The molecule has 0 N–H and O–H groups in total. The molecule has 6 aliphatic carbocycles. The summed E-state index contributed by atoms with van der Waals surface area (Å²) in [6, 6.07) is 21.9. The van der Waals surface area contributed by atoms with Crippen LogP contribution in [0.2, 0.25) is 0 Å². The lowest BCUT2D eigenvalue weighted by atomic mass is 9.37. The molecule has 6 saturated carbocycles. The average molecular weight is 570 g/mol. The number of fused-ring (bicyclic) bond motifs is 9. The number of para-hydroxylation sites is 1. The molecule has 2 heterocycles. The van der Waals surface area contributed by atoms with Crippen LogP contribution in [0.1, 0.15) is 95.1 Å². The fraction of sp³-hybridized carbons (Fsp3) is 0.585. The molecule has 0 radical (unpaired) electrons.